The number of carboxylic acids is 1. The highest BCUT2D eigenvalue weighted by Crippen LogP contribution is 2.37. The highest BCUT2D eigenvalue weighted by atomic mass is 16.4. The van der Waals surface area contributed by atoms with Gasteiger partial charge in [-0.05, 0) is 42.5 Å². The van der Waals surface area contributed by atoms with E-state index in [0.29, 0.717) is 0 Å². The predicted molar refractivity (Wildman–Crippen MR) is 87.0 cm³/mol. The van der Waals surface area contributed by atoms with E-state index in [1.54, 1.807) is 6.92 Å². The summed E-state index contributed by atoms with van der Waals surface area (Å²) in [7, 11) is 0. The van der Waals surface area contributed by atoms with Crippen molar-refractivity contribution in [2.45, 2.75) is 32.4 Å². The van der Waals surface area contributed by atoms with E-state index < -0.39 is 12.0 Å². The molecule has 2 aromatic rings. The van der Waals surface area contributed by atoms with Gasteiger partial charge in [0.1, 0.15) is 6.04 Å². The lowest BCUT2D eigenvalue weighted by Gasteiger charge is -2.40. The van der Waals surface area contributed by atoms with Crippen LogP contribution in [-0.2, 0) is 11.2 Å². The molecule has 1 aliphatic heterocycles. The Morgan fingerprint density at radius 3 is 2.45 bits per heavy atom. The Morgan fingerprint density at radius 2 is 1.77 bits per heavy atom. The second kappa shape index (κ2) is 5.93. The molecule has 2 aromatic carbocycles. The summed E-state index contributed by atoms with van der Waals surface area (Å²) >= 11 is 0. The van der Waals surface area contributed by atoms with Crippen LogP contribution in [0.1, 0.15) is 35.2 Å². The molecule has 0 aromatic heterocycles. The summed E-state index contributed by atoms with van der Waals surface area (Å²) in [5.74, 6) is -0.766. The summed E-state index contributed by atoms with van der Waals surface area (Å²) in [4.78, 5) is 13.6. The van der Waals surface area contributed by atoms with E-state index in [-0.39, 0.29) is 6.04 Å². The Hall–Kier alpha value is -2.13. The first-order valence-electron chi connectivity index (χ1n) is 7.71. The second-order valence-corrected chi connectivity index (χ2v) is 5.96. The smallest absolute Gasteiger partial charge is 0.320 e. The molecule has 114 valence electrons. The lowest BCUT2D eigenvalue weighted by Crippen LogP contribution is -2.45. The number of rotatable bonds is 3. The monoisotopic (exact) mass is 295 g/mol. The van der Waals surface area contributed by atoms with Gasteiger partial charge in [0.15, 0.2) is 0 Å². The number of aryl methyl sites for hydroxylation is 1. The van der Waals surface area contributed by atoms with E-state index in [9.17, 15) is 9.90 Å². The average molecular weight is 295 g/mol. The zero-order valence-electron chi connectivity index (χ0n) is 13.0. The highest BCUT2D eigenvalue weighted by Gasteiger charge is 2.34. The van der Waals surface area contributed by atoms with Crippen molar-refractivity contribution in [3.63, 3.8) is 0 Å². The molecule has 1 heterocycles. The zero-order valence-corrected chi connectivity index (χ0v) is 13.0. The third-order valence-electron chi connectivity index (χ3n) is 4.66. The first kappa shape index (κ1) is 14.8. The minimum Gasteiger partial charge on any atom is -0.480 e. The Bertz CT molecular complexity index is 695. The SMILES string of the molecule is Cc1ccccc1[C@H]1c2ccccc2CCN1C(C)C(=O)O. The molecule has 3 nitrogen and oxygen atoms in total. The van der Waals surface area contributed by atoms with Gasteiger partial charge in [0.05, 0.1) is 6.04 Å². The van der Waals surface area contributed by atoms with Gasteiger partial charge in [-0.2, -0.15) is 0 Å². The van der Waals surface area contributed by atoms with Crippen molar-refractivity contribution < 1.29 is 9.90 Å². The van der Waals surface area contributed by atoms with Gasteiger partial charge in [0.25, 0.3) is 0 Å². The van der Waals surface area contributed by atoms with E-state index in [1.165, 1.54) is 22.3 Å². The van der Waals surface area contributed by atoms with Gasteiger partial charge in [-0.3, -0.25) is 9.69 Å². The highest BCUT2D eigenvalue weighted by molar-refractivity contribution is 5.73. The first-order chi connectivity index (χ1) is 10.6. The summed E-state index contributed by atoms with van der Waals surface area (Å²) in [5.41, 5.74) is 4.95. The molecule has 1 N–H and O–H groups in total. The summed E-state index contributed by atoms with van der Waals surface area (Å²) in [5, 5.41) is 9.47. The minimum absolute atomic E-state index is 0.0113. The Balaban J connectivity index is 2.14. The molecule has 0 saturated carbocycles. The van der Waals surface area contributed by atoms with Gasteiger partial charge < -0.3 is 5.11 Å². The van der Waals surface area contributed by atoms with E-state index in [1.807, 2.05) is 18.2 Å². The van der Waals surface area contributed by atoms with Crippen LogP contribution in [-0.4, -0.2) is 28.6 Å². The Labute approximate surface area is 131 Å². The molecule has 0 bridgehead atoms. The molecule has 3 rings (SSSR count). The summed E-state index contributed by atoms with van der Waals surface area (Å²) in [6.45, 7) is 4.64. The van der Waals surface area contributed by atoms with Gasteiger partial charge in [-0.1, -0.05) is 48.5 Å². The molecule has 0 spiro atoms. The number of hydrogen-bond donors (Lipinski definition) is 1. The molecular formula is C19H21NO2. The molecule has 3 heteroatoms. The van der Waals surface area contributed by atoms with E-state index >= 15 is 0 Å². The van der Waals surface area contributed by atoms with E-state index in [4.69, 9.17) is 0 Å². The molecule has 0 fully saturated rings. The zero-order chi connectivity index (χ0) is 15.7. The van der Waals surface area contributed by atoms with Crippen LogP contribution in [0.15, 0.2) is 48.5 Å². The minimum atomic E-state index is -0.766. The number of benzene rings is 2. The van der Waals surface area contributed by atoms with Crippen LogP contribution in [0.4, 0.5) is 0 Å². The molecule has 0 radical (unpaired) electrons. The summed E-state index contributed by atoms with van der Waals surface area (Å²) in [6, 6.07) is 16.2. The van der Waals surface area contributed by atoms with E-state index in [0.717, 1.165) is 13.0 Å². The molecule has 0 amide bonds. The van der Waals surface area contributed by atoms with Crippen LogP contribution in [0, 0.1) is 6.92 Å². The van der Waals surface area contributed by atoms with Crippen LogP contribution >= 0.6 is 0 Å². The normalized spacial score (nSPS) is 19.5. The molecule has 1 aliphatic rings. The lowest BCUT2D eigenvalue weighted by molar-refractivity contribution is -0.143. The summed E-state index contributed by atoms with van der Waals surface area (Å²) in [6.07, 6.45) is 0.899. The van der Waals surface area contributed by atoms with Crippen molar-refractivity contribution in [1.82, 2.24) is 4.90 Å². The first-order valence-corrected chi connectivity index (χ1v) is 7.71. The lowest BCUT2D eigenvalue weighted by atomic mass is 9.85. The second-order valence-electron chi connectivity index (χ2n) is 5.96. The number of fused-ring (bicyclic) bond motifs is 1. The Kier molecular flexibility index (Phi) is 3.99. The Morgan fingerprint density at radius 1 is 1.14 bits per heavy atom. The van der Waals surface area contributed by atoms with Crippen LogP contribution in [0.5, 0.6) is 0 Å². The largest absolute Gasteiger partial charge is 0.480 e. The van der Waals surface area contributed by atoms with Gasteiger partial charge >= 0.3 is 5.97 Å². The van der Waals surface area contributed by atoms with E-state index in [2.05, 4.69) is 42.2 Å². The molecule has 22 heavy (non-hydrogen) atoms. The molecule has 1 unspecified atom stereocenters. The third kappa shape index (κ3) is 2.53. The van der Waals surface area contributed by atoms with Crippen molar-refractivity contribution in [2.24, 2.45) is 0 Å². The van der Waals surface area contributed by atoms with Gasteiger partial charge in [-0.25, -0.2) is 0 Å². The van der Waals surface area contributed by atoms with Crippen LogP contribution in [0.2, 0.25) is 0 Å². The van der Waals surface area contributed by atoms with Gasteiger partial charge in [0, 0.05) is 6.54 Å². The maximum atomic E-state index is 11.5. The van der Waals surface area contributed by atoms with Crippen LogP contribution < -0.4 is 0 Å². The molecule has 0 aliphatic carbocycles. The molecular weight excluding hydrogens is 274 g/mol. The maximum absolute atomic E-state index is 11.5. The number of carboxylic acid groups (broad SMARTS) is 1. The fourth-order valence-corrected chi connectivity index (χ4v) is 3.38. The van der Waals surface area contributed by atoms with Crippen molar-refractivity contribution in [3.8, 4) is 0 Å². The van der Waals surface area contributed by atoms with Crippen LogP contribution in [0.3, 0.4) is 0 Å². The molecule has 0 saturated heterocycles. The van der Waals surface area contributed by atoms with Crippen LogP contribution in [0.25, 0.3) is 0 Å². The maximum Gasteiger partial charge on any atom is 0.320 e. The van der Waals surface area contributed by atoms with Crippen molar-refractivity contribution in [1.29, 1.82) is 0 Å². The van der Waals surface area contributed by atoms with Gasteiger partial charge in [0.2, 0.25) is 0 Å². The number of carbonyl (C=O) groups is 1. The fraction of sp³-hybridized carbons (Fsp3) is 0.316. The van der Waals surface area contributed by atoms with Gasteiger partial charge in [-0.15, -0.1) is 0 Å². The fourth-order valence-electron chi connectivity index (χ4n) is 3.38. The topological polar surface area (TPSA) is 40.5 Å². The summed E-state index contributed by atoms with van der Waals surface area (Å²) < 4.78 is 0. The molecule has 2 atom stereocenters. The van der Waals surface area contributed by atoms with Crippen molar-refractivity contribution in [3.05, 3.63) is 70.8 Å². The number of hydrogen-bond acceptors (Lipinski definition) is 2. The van der Waals surface area contributed by atoms with Crippen molar-refractivity contribution >= 4 is 5.97 Å². The third-order valence-corrected chi connectivity index (χ3v) is 4.66. The predicted octanol–water partition coefficient (Wildman–Crippen LogP) is 3.42. The number of aliphatic carboxylic acids is 1. The quantitative estimate of drug-likeness (QED) is 0.943. The average Bonchev–Trinajstić information content (AvgIpc) is 2.53. The standard InChI is InChI=1S/C19H21NO2/c1-13-7-3-5-9-16(13)18-17-10-6-4-8-15(17)11-12-20(18)14(2)19(21)22/h3-10,14,18H,11-12H2,1-2H3,(H,21,22)/t14?,18-/m0/s1. The number of nitrogens with zero attached hydrogens (tertiary/aromatic N) is 1. The van der Waals surface area contributed by atoms with Crippen molar-refractivity contribution in [2.75, 3.05) is 6.54 Å².